The van der Waals surface area contributed by atoms with Crippen LogP contribution in [0, 0.1) is 17.2 Å². The Labute approximate surface area is 172 Å². The van der Waals surface area contributed by atoms with E-state index in [2.05, 4.69) is 26.3 Å². The van der Waals surface area contributed by atoms with Crippen molar-refractivity contribution in [3.8, 4) is 6.07 Å². The van der Waals surface area contributed by atoms with E-state index in [0.717, 1.165) is 61.9 Å². The smallest absolute Gasteiger partial charge is 0.151 e. The lowest BCUT2D eigenvalue weighted by Gasteiger charge is -2.34. The van der Waals surface area contributed by atoms with E-state index in [1.54, 1.807) is 12.4 Å². The SMILES string of the molecule is CS(=O)(=O)C1CCN([C@H]2CC[C@H](CNc3ncnc4ccc(C#N)cc34)CC2)C1. The van der Waals surface area contributed by atoms with Crippen molar-refractivity contribution < 1.29 is 8.42 Å². The molecule has 1 aromatic carbocycles. The molecule has 1 aromatic heterocycles. The van der Waals surface area contributed by atoms with Crippen LogP contribution in [0.4, 0.5) is 5.82 Å². The van der Waals surface area contributed by atoms with Crippen LogP contribution in [0.3, 0.4) is 0 Å². The molecule has 1 aliphatic heterocycles. The normalized spacial score (nSPS) is 25.7. The minimum atomic E-state index is -2.93. The van der Waals surface area contributed by atoms with Crippen molar-refractivity contribution in [2.24, 2.45) is 5.92 Å². The molecule has 1 unspecified atom stereocenters. The Hall–Kier alpha value is -2.24. The lowest BCUT2D eigenvalue weighted by molar-refractivity contribution is 0.168. The minimum absolute atomic E-state index is 0.189. The molecule has 2 heterocycles. The molecule has 2 aliphatic rings. The van der Waals surface area contributed by atoms with E-state index in [0.29, 0.717) is 24.1 Å². The average Bonchev–Trinajstić information content (AvgIpc) is 3.23. The van der Waals surface area contributed by atoms with E-state index >= 15 is 0 Å². The molecule has 0 bridgehead atoms. The van der Waals surface area contributed by atoms with Gasteiger partial charge in [-0.3, -0.25) is 4.90 Å². The Kier molecular flexibility index (Phi) is 5.70. The van der Waals surface area contributed by atoms with Gasteiger partial charge in [-0.1, -0.05) is 0 Å². The van der Waals surface area contributed by atoms with Crippen molar-refractivity contribution >= 4 is 26.6 Å². The summed E-state index contributed by atoms with van der Waals surface area (Å²) in [6.07, 6.45) is 8.18. The quantitative estimate of drug-likeness (QED) is 0.804. The van der Waals surface area contributed by atoms with Gasteiger partial charge in [-0.15, -0.1) is 0 Å². The molecule has 1 aliphatic carbocycles. The van der Waals surface area contributed by atoms with Gasteiger partial charge in [0.1, 0.15) is 12.1 Å². The molecule has 4 rings (SSSR count). The fourth-order valence-electron chi connectivity index (χ4n) is 4.66. The maximum atomic E-state index is 11.8. The fourth-order valence-corrected chi connectivity index (χ4v) is 5.65. The topological polar surface area (TPSA) is 99.0 Å². The number of anilines is 1. The van der Waals surface area contributed by atoms with E-state index in [4.69, 9.17) is 5.26 Å². The highest BCUT2D eigenvalue weighted by Crippen LogP contribution is 2.31. The highest BCUT2D eigenvalue weighted by atomic mass is 32.2. The zero-order valence-electron chi connectivity index (χ0n) is 16.7. The number of benzene rings is 1. The fraction of sp³-hybridized carbons (Fsp3) is 0.571. The summed E-state index contributed by atoms with van der Waals surface area (Å²) in [6.45, 7) is 2.45. The molecular formula is C21H27N5O2S. The number of hydrogen-bond acceptors (Lipinski definition) is 7. The Morgan fingerprint density at radius 3 is 2.69 bits per heavy atom. The van der Waals surface area contributed by atoms with Gasteiger partial charge >= 0.3 is 0 Å². The van der Waals surface area contributed by atoms with Crippen LogP contribution in [-0.4, -0.2) is 60.5 Å². The van der Waals surface area contributed by atoms with Gasteiger partial charge in [-0.25, -0.2) is 18.4 Å². The van der Waals surface area contributed by atoms with Gasteiger partial charge in [0.2, 0.25) is 0 Å². The molecule has 2 fully saturated rings. The van der Waals surface area contributed by atoms with E-state index in [9.17, 15) is 8.42 Å². The number of nitrogens with one attached hydrogen (secondary N) is 1. The third-order valence-corrected chi connectivity index (χ3v) is 8.03. The molecule has 1 saturated heterocycles. The summed E-state index contributed by atoms with van der Waals surface area (Å²) in [5, 5.41) is 13.3. The second-order valence-electron chi connectivity index (χ2n) is 8.36. The van der Waals surface area contributed by atoms with Crippen LogP contribution in [0.25, 0.3) is 10.9 Å². The molecule has 154 valence electrons. The lowest BCUT2D eigenvalue weighted by Crippen LogP contribution is -2.38. The summed E-state index contributed by atoms with van der Waals surface area (Å²) in [5.41, 5.74) is 1.44. The third kappa shape index (κ3) is 4.51. The Morgan fingerprint density at radius 2 is 2.00 bits per heavy atom. The number of sulfone groups is 1. The van der Waals surface area contributed by atoms with Gasteiger partial charge in [0, 0.05) is 30.8 Å². The number of aromatic nitrogens is 2. The monoisotopic (exact) mass is 413 g/mol. The third-order valence-electron chi connectivity index (χ3n) is 6.44. The Morgan fingerprint density at radius 1 is 1.21 bits per heavy atom. The molecule has 0 amide bonds. The zero-order chi connectivity index (χ0) is 20.4. The highest BCUT2D eigenvalue weighted by molar-refractivity contribution is 7.91. The van der Waals surface area contributed by atoms with Gasteiger partial charge < -0.3 is 5.32 Å². The van der Waals surface area contributed by atoms with Crippen LogP contribution in [0.15, 0.2) is 24.5 Å². The Balaban J connectivity index is 1.32. The molecule has 1 N–H and O–H groups in total. The first kappa shape index (κ1) is 20.0. The van der Waals surface area contributed by atoms with Crippen LogP contribution in [0.2, 0.25) is 0 Å². The van der Waals surface area contributed by atoms with Crippen molar-refractivity contribution in [3.05, 3.63) is 30.1 Å². The molecule has 1 atom stereocenters. The van der Waals surface area contributed by atoms with Gasteiger partial charge in [0.25, 0.3) is 0 Å². The van der Waals surface area contributed by atoms with E-state index in [-0.39, 0.29) is 5.25 Å². The predicted octanol–water partition coefficient (Wildman–Crippen LogP) is 2.59. The summed E-state index contributed by atoms with van der Waals surface area (Å²) in [4.78, 5) is 11.0. The summed E-state index contributed by atoms with van der Waals surface area (Å²) < 4.78 is 23.6. The number of rotatable bonds is 5. The molecule has 7 nitrogen and oxygen atoms in total. The molecule has 0 radical (unpaired) electrons. The summed E-state index contributed by atoms with van der Waals surface area (Å²) in [6, 6.07) is 8.14. The molecule has 1 saturated carbocycles. The second-order valence-corrected chi connectivity index (χ2v) is 10.7. The van der Waals surface area contributed by atoms with Gasteiger partial charge in [-0.2, -0.15) is 5.26 Å². The number of fused-ring (bicyclic) bond motifs is 1. The maximum absolute atomic E-state index is 11.8. The van der Waals surface area contributed by atoms with Crippen molar-refractivity contribution in [1.29, 1.82) is 5.26 Å². The lowest BCUT2D eigenvalue weighted by atomic mass is 9.85. The van der Waals surface area contributed by atoms with Crippen LogP contribution < -0.4 is 5.32 Å². The maximum Gasteiger partial charge on any atom is 0.151 e. The number of hydrogen-bond donors (Lipinski definition) is 1. The van der Waals surface area contributed by atoms with Crippen molar-refractivity contribution in [2.45, 2.75) is 43.4 Å². The van der Waals surface area contributed by atoms with Crippen LogP contribution in [-0.2, 0) is 9.84 Å². The van der Waals surface area contributed by atoms with Crippen LogP contribution in [0.1, 0.15) is 37.7 Å². The summed E-state index contributed by atoms with van der Waals surface area (Å²) in [5.74, 6) is 1.36. The molecular weight excluding hydrogens is 386 g/mol. The van der Waals surface area contributed by atoms with Gasteiger partial charge in [0.05, 0.1) is 22.4 Å². The minimum Gasteiger partial charge on any atom is -0.369 e. The van der Waals surface area contributed by atoms with Crippen molar-refractivity contribution in [3.63, 3.8) is 0 Å². The van der Waals surface area contributed by atoms with Crippen LogP contribution >= 0.6 is 0 Å². The van der Waals surface area contributed by atoms with E-state index in [1.807, 2.05) is 12.1 Å². The molecule has 2 aromatic rings. The van der Waals surface area contributed by atoms with Crippen molar-refractivity contribution in [2.75, 3.05) is 31.2 Å². The predicted molar refractivity (Wildman–Crippen MR) is 113 cm³/mol. The molecule has 8 heteroatoms. The highest BCUT2D eigenvalue weighted by Gasteiger charge is 2.35. The number of likely N-dealkylation sites (tertiary alicyclic amines) is 1. The van der Waals surface area contributed by atoms with Crippen molar-refractivity contribution in [1.82, 2.24) is 14.9 Å². The first-order valence-corrected chi connectivity index (χ1v) is 12.2. The first-order valence-electron chi connectivity index (χ1n) is 10.3. The number of nitriles is 1. The summed E-state index contributed by atoms with van der Waals surface area (Å²) >= 11 is 0. The van der Waals surface area contributed by atoms with Crippen LogP contribution in [0.5, 0.6) is 0 Å². The van der Waals surface area contributed by atoms with Gasteiger partial charge in [0.15, 0.2) is 9.84 Å². The van der Waals surface area contributed by atoms with E-state index < -0.39 is 9.84 Å². The average molecular weight is 414 g/mol. The summed E-state index contributed by atoms with van der Waals surface area (Å²) in [7, 11) is -2.93. The van der Waals surface area contributed by atoms with Gasteiger partial charge in [-0.05, 0) is 62.8 Å². The number of nitrogens with zero attached hydrogens (tertiary/aromatic N) is 4. The second kappa shape index (κ2) is 8.25. The standard InChI is InChI=1S/C21H27N5O2S/c1-29(27,28)18-8-9-26(13-18)17-5-2-15(3-6-17)12-23-21-19-10-16(11-22)4-7-20(19)24-14-25-21/h4,7,10,14-15,17-18H,2-3,5-6,8-9,12-13H2,1H3,(H,23,24,25)/t15-,17-,18?. The Bertz CT molecular complexity index is 1030. The molecule has 0 spiro atoms. The molecule has 29 heavy (non-hydrogen) atoms. The largest absolute Gasteiger partial charge is 0.369 e. The zero-order valence-corrected chi connectivity index (χ0v) is 17.5. The van der Waals surface area contributed by atoms with E-state index in [1.165, 1.54) is 6.26 Å². The first-order chi connectivity index (χ1) is 13.9.